The van der Waals surface area contributed by atoms with E-state index in [-0.39, 0.29) is 0 Å². The van der Waals surface area contributed by atoms with Crippen LogP contribution in [0.5, 0.6) is 0 Å². The van der Waals surface area contributed by atoms with Crippen LogP contribution in [0.25, 0.3) is 0 Å². The van der Waals surface area contributed by atoms with Gasteiger partial charge in [-0.1, -0.05) is 17.4 Å². The molecule has 9 heteroatoms. The van der Waals surface area contributed by atoms with Gasteiger partial charge in [-0.15, -0.1) is 31.7 Å². The molecule has 3 aromatic rings. The molecule has 3 aromatic heterocycles. The zero-order chi connectivity index (χ0) is 15.2. The lowest BCUT2D eigenvalue weighted by atomic mass is 10.3. The topological polar surface area (TPSA) is 87.4 Å². The third-order valence-electron chi connectivity index (χ3n) is 2.58. The molecule has 0 saturated carbocycles. The summed E-state index contributed by atoms with van der Waals surface area (Å²) in [5.41, 5.74) is 0.303. The van der Waals surface area contributed by atoms with Crippen molar-refractivity contribution in [3.8, 4) is 6.07 Å². The molecule has 0 aromatic carbocycles. The lowest BCUT2D eigenvalue weighted by molar-refractivity contribution is 0.911. The number of nitrogens with one attached hydrogen (secondary N) is 1. The highest BCUT2D eigenvalue weighted by Crippen LogP contribution is 2.30. The van der Waals surface area contributed by atoms with E-state index in [9.17, 15) is 0 Å². The standard InChI is InChI=1S/C13H10N6S3/c14-8-9-3-4-11(17-16-9)21-13-19-18-12(22-13)15-6-5-10-2-1-7-20-10/h1-4,7H,5-6H2,(H,15,18). The van der Waals surface area contributed by atoms with Crippen molar-refractivity contribution >= 4 is 39.6 Å². The van der Waals surface area contributed by atoms with Gasteiger partial charge >= 0.3 is 0 Å². The molecule has 0 aliphatic heterocycles. The van der Waals surface area contributed by atoms with Gasteiger partial charge in [0.25, 0.3) is 0 Å². The third kappa shape index (κ3) is 4.00. The second kappa shape index (κ2) is 7.31. The summed E-state index contributed by atoms with van der Waals surface area (Å²) in [6.45, 7) is 0.830. The van der Waals surface area contributed by atoms with E-state index in [0.717, 1.165) is 22.4 Å². The Hall–Kier alpha value is -2.02. The van der Waals surface area contributed by atoms with Gasteiger partial charge in [0, 0.05) is 11.4 Å². The first kappa shape index (κ1) is 14.9. The van der Waals surface area contributed by atoms with E-state index in [1.54, 1.807) is 23.5 Å². The van der Waals surface area contributed by atoms with E-state index >= 15 is 0 Å². The molecule has 3 rings (SSSR count). The Bertz CT molecular complexity index is 760. The van der Waals surface area contributed by atoms with Crippen LogP contribution in [0.3, 0.4) is 0 Å². The number of nitriles is 1. The van der Waals surface area contributed by atoms with Crippen LogP contribution in [0, 0.1) is 11.3 Å². The molecular formula is C13H10N6S3. The van der Waals surface area contributed by atoms with E-state index in [1.807, 2.05) is 6.07 Å². The molecule has 0 atom stereocenters. The van der Waals surface area contributed by atoms with Gasteiger partial charge < -0.3 is 5.32 Å². The summed E-state index contributed by atoms with van der Waals surface area (Å²) >= 11 is 4.61. The molecule has 0 aliphatic carbocycles. The first-order valence-corrected chi connectivity index (χ1v) is 8.86. The third-order valence-corrected chi connectivity index (χ3v) is 5.38. The maximum absolute atomic E-state index is 8.69. The smallest absolute Gasteiger partial charge is 0.206 e. The molecule has 110 valence electrons. The minimum atomic E-state index is 0.303. The maximum Gasteiger partial charge on any atom is 0.206 e. The summed E-state index contributed by atoms with van der Waals surface area (Å²) in [5, 5.41) is 31.5. The number of thiophene rings is 1. The summed E-state index contributed by atoms with van der Waals surface area (Å²) in [7, 11) is 0. The number of rotatable bonds is 6. The second-order valence-corrected chi connectivity index (χ2v) is 7.38. The molecule has 0 radical (unpaired) electrons. The fourth-order valence-electron chi connectivity index (χ4n) is 1.59. The van der Waals surface area contributed by atoms with Gasteiger partial charge in [-0.3, -0.25) is 0 Å². The molecule has 0 saturated heterocycles. The predicted molar refractivity (Wildman–Crippen MR) is 87.3 cm³/mol. The van der Waals surface area contributed by atoms with Gasteiger partial charge in [-0.05, 0) is 41.8 Å². The van der Waals surface area contributed by atoms with Crippen LogP contribution in [0.4, 0.5) is 5.13 Å². The van der Waals surface area contributed by atoms with Crippen molar-refractivity contribution in [2.45, 2.75) is 15.8 Å². The van der Waals surface area contributed by atoms with E-state index < -0.39 is 0 Å². The van der Waals surface area contributed by atoms with E-state index in [0.29, 0.717) is 10.7 Å². The fourth-order valence-corrected chi connectivity index (χ4v) is 3.94. The van der Waals surface area contributed by atoms with Gasteiger partial charge in [-0.25, -0.2) is 0 Å². The van der Waals surface area contributed by atoms with Crippen LogP contribution < -0.4 is 5.32 Å². The summed E-state index contributed by atoms with van der Waals surface area (Å²) in [4.78, 5) is 1.35. The lowest BCUT2D eigenvalue weighted by Gasteiger charge is -1.99. The van der Waals surface area contributed by atoms with Gasteiger partial charge in [0.1, 0.15) is 11.1 Å². The average Bonchev–Trinajstić information content (AvgIpc) is 3.20. The van der Waals surface area contributed by atoms with Crippen molar-refractivity contribution in [3.63, 3.8) is 0 Å². The monoisotopic (exact) mass is 346 g/mol. The summed E-state index contributed by atoms with van der Waals surface area (Å²) in [5.74, 6) is 0. The predicted octanol–water partition coefficient (Wildman–Crippen LogP) is 3.07. The van der Waals surface area contributed by atoms with Gasteiger partial charge in [0.2, 0.25) is 5.13 Å². The van der Waals surface area contributed by atoms with Crippen molar-refractivity contribution in [1.82, 2.24) is 20.4 Å². The first-order chi connectivity index (χ1) is 10.8. The van der Waals surface area contributed by atoms with Crippen LogP contribution in [-0.4, -0.2) is 26.9 Å². The molecule has 1 N–H and O–H groups in total. The number of nitrogens with zero attached hydrogens (tertiary/aromatic N) is 5. The Morgan fingerprint density at radius 3 is 2.86 bits per heavy atom. The average molecular weight is 346 g/mol. The van der Waals surface area contributed by atoms with Crippen molar-refractivity contribution in [2.75, 3.05) is 11.9 Å². The van der Waals surface area contributed by atoms with Crippen LogP contribution >= 0.6 is 34.4 Å². The highest BCUT2D eigenvalue weighted by atomic mass is 32.2. The molecule has 0 unspecified atom stereocenters. The molecule has 0 aliphatic rings. The largest absolute Gasteiger partial charge is 0.360 e. The number of hydrogen-bond acceptors (Lipinski definition) is 9. The normalized spacial score (nSPS) is 10.3. The van der Waals surface area contributed by atoms with Crippen LogP contribution in [0.15, 0.2) is 39.0 Å². The summed E-state index contributed by atoms with van der Waals surface area (Å²) in [6.07, 6.45) is 0.973. The van der Waals surface area contributed by atoms with Crippen molar-refractivity contribution in [1.29, 1.82) is 5.26 Å². The minimum Gasteiger partial charge on any atom is -0.360 e. The van der Waals surface area contributed by atoms with E-state index in [1.165, 1.54) is 28.0 Å². The Morgan fingerprint density at radius 1 is 1.18 bits per heavy atom. The highest BCUT2D eigenvalue weighted by molar-refractivity contribution is 8.01. The molecule has 0 fully saturated rings. The fraction of sp³-hybridized carbons (Fsp3) is 0.154. The minimum absolute atomic E-state index is 0.303. The zero-order valence-corrected chi connectivity index (χ0v) is 13.7. The number of hydrogen-bond donors (Lipinski definition) is 1. The van der Waals surface area contributed by atoms with E-state index in [2.05, 4.69) is 43.2 Å². The molecule has 22 heavy (non-hydrogen) atoms. The summed E-state index contributed by atoms with van der Waals surface area (Å²) in [6, 6.07) is 9.50. The van der Waals surface area contributed by atoms with Crippen molar-refractivity contribution in [2.24, 2.45) is 0 Å². The molecule has 0 spiro atoms. The van der Waals surface area contributed by atoms with Crippen LogP contribution in [0.2, 0.25) is 0 Å². The van der Waals surface area contributed by atoms with Gasteiger partial charge in [-0.2, -0.15) is 5.26 Å². The number of anilines is 1. The van der Waals surface area contributed by atoms with Crippen LogP contribution in [0.1, 0.15) is 10.6 Å². The Morgan fingerprint density at radius 2 is 2.14 bits per heavy atom. The van der Waals surface area contributed by atoms with E-state index in [4.69, 9.17) is 5.26 Å². The maximum atomic E-state index is 8.69. The second-order valence-electron chi connectivity index (χ2n) is 4.10. The highest BCUT2D eigenvalue weighted by Gasteiger charge is 2.07. The molecule has 3 heterocycles. The number of aromatic nitrogens is 4. The Labute approximate surface area is 139 Å². The molecular weight excluding hydrogens is 336 g/mol. The molecule has 0 bridgehead atoms. The lowest BCUT2D eigenvalue weighted by Crippen LogP contribution is -2.03. The first-order valence-electron chi connectivity index (χ1n) is 6.35. The quantitative estimate of drug-likeness (QED) is 0.734. The summed E-state index contributed by atoms with van der Waals surface area (Å²) < 4.78 is 0.789. The Balaban J connectivity index is 1.53. The zero-order valence-electron chi connectivity index (χ0n) is 11.3. The van der Waals surface area contributed by atoms with Gasteiger partial charge in [0.05, 0.1) is 0 Å². The molecule has 0 amide bonds. The van der Waals surface area contributed by atoms with Crippen LogP contribution in [-0.2, 0) is 6.42 Å². The van der Waals surface area contributed by atoms with Gasteiger partial charge in [0.15, 0.2) is 10.0 Å². The molecule has 6 nitrogen and oxygen atoms in total. The SMILES string of the molecule is N#Cc1ccc(Sc2nnc(NCCc3cccs3)s2)nn1. The van der Waals surface area contributed by atoms with Crippen molar-refractivity contribution in [3.05, 3.63) is 40.2 Å². The van der Waals surface area contributed by atoms with Crippen molar-refractivity contribution < 1.29 is 0 Å². The Kier molecular flexibility index (Phi) is 4.95.